The van der Waals surface area contributed by atoms with Crippen LogP contribution in [0.25, 0.3) is 0 Å². The molecule has 7 heteroatoms. The van der Waals surface area contributed by atoms with Gasteiger partial charge in [-0.2, -0.15) is 0 Å². The fraction of sp³-hybridized carbons (Fsp3) is 0.350. The van der Waals surface area contributed by atoms with E-state index in [1.54, 1.807) is 26.8 Å². The number of rotatable bonds is 8. The van der Waals surface area contributed by atoms with Crippen molar-refractivity contribution in [3.8, 4) is 5.75 Å². The second kappa shape index (κ2) is 9.21. The number of carbonyl (C=O) groups is 1. The number of benzene rings is 2. The van der Waals surface area contributed by atoms with Crippen LogP contribution in [-0.2, 0) is 22.8 Å². The molecule has 2 N–H and O–H groups in total. The van der Waals surface area contributed by atoms with Gasteiger partial charge in [-0.05, 0) is 44.0 Å². The van der Waals surface area contributed by atoms with Gasteiger partial charge >= 0.3 is 5.97 Å². The van der Waals surface area contributed by atoms with Crippen molar-refractivity contribution in [2.75, 3.05) is 0 Å². The number of nitrogens with one attached hydrogen (secondary N) is 1. The summed E-state index contributed by atoms with van der Waals surface area (Å²) in [5.41, 5.74) is 1.31. The van der Waals surface area contributed by atoms with Crippen LogP contribution in [0, 0.1) is 5.82 Å². The monoisotopic (exact) mass is 393 g/mol. The van der Waals surface area contributed by atoms with Gasteiger partial charge in [0.05, 0.1) is 12.5 Å². The van der Waals surface area contributed by atoms with Crippen LogP contribution in [0.1, 0.15) is 44.4 Å². The van der Waals surface area contributed by atoms with E-state index in [1.807, 2.05) is 30.3 Å². The molecule has 2 unspecified atom stereocenters. The minimum atomic E-state index is -1.49. The Morgan fingerprint density at radius 3 is 2.48 bits per heavy atom. The first-order valence-corrected chi connectivity index (χ1v) is 9.68. The largest absolute Gasteiger partial charge is 0.598 e. The van der Waals surface area contributed by atoms with E-state index in [4.69, 9.17) is 9.84 Å². The Balaban J connectivity index is 2.14. The molecule has 2 atom stereocenters. The summed E-state index contributed by atoms with van der Waals surface area (Å²) in [7, 11) is 0. The molecule has 27 heavy (non-hydrogen) atoms. The van der Waals surface area contributed by atoms with Crippen LogP contribution >= 0.6 is 0 Å². The van der Waals surface area contributed by atoms with Crippen LogP contribution in [0.5, 0.6) is 5.75 Å². The molecule has 2 aromatic carbocycles. The summed E-state index contributed by atoms with van der Waals surface area (Å²) in [5, 5.41) is 9.14. The van der Waals surface area contributed by atoms with E-state index in [1.165, 1.54) is 12.1 Å². The minimum absolute atomic E-state index is 0.0774. The maximum Gasteiger partial charge on any atom is 0.305 e. The summed E-state index contributed by atoms with van der Waals surface area (Å²) < 4.78 is 34.5. The van der Waals surface area contributed by atoms with Crippen molar-refractivity contribution in [2.24, 2.45) is 0 Å². The Hall–Kier alpha value is -2.09. The first kappa shape index (κ1) is 21.2. The Morgan fingerprint density at radius 2 is 1.93 bits per heavy atom. The Bertz CT molecular complexity index is 764. The van der Waals surface area contributed by atoms with Gasteiger partial charge in [-0.15, -0.1) is 4.72 Å². The number of carboxylic acids is 1. The molecule has 0 radical (unpaired) electrons. The fourth-order valence-corrected chi connectivity index (χ4v) is 3.13. The lowest BCUT2D eigenvalue weighted by Gasteiger charge is -2.27. The third-order valence-electron chi connectivity index (χ3n) is 3.78. The lowest BCUT2D eigenvalue weighted by molar-refractivity contribution is -0.137. The second-order valence-corrected chi connectivity index (χ2v) is 9.11. The lowest BCUT2D eigenvalue weighted by Crippen LogP contribution is -2.41. The van der Waals surface area contributed by atoms with Gasteiger partial charge in [0.15, 0.2) is 11.6 Å². The van der Waals surface area contributed by atoms with E-state index in [0.717, 1.165) is 5.56 Å². The molecule has 5 nitrogen and oxygen atoms in total. The first-order valence-electron chi connectivity index (χ1n) is 8.53. The van der Waals surface area contributed by atoms with Crippen LogP contribution in [0.3, 0.4) is 0 Å². The molecule has 2 rings (SSSR count). The normalized spacial score (nSPS) is 13.8. The van der Waals surface area contributed by atoms with Crippen molar-refractivity contribution in [3.63, 3.8) is 0 Å². The van der Waals surface area contributed by atoms with Gasteiger partial charge in [0.2, 0.25) is 0 Å². The Kier molecular flexibility index (Phi) is 7.24. The molecule has 146 valence electrons. The standard InChI is InChI=1S/C20H24FNO4S/c1-20(2,3)27(25)22-17(12-19(23)24)15-9-10-18(16(21)11-15)26-13-14-7-5-4-6-8-14/h4-11,17,22H,12-13H2,1-3H3,(H,23,24). The second-order valence-electron chi connectivity index (χ2n) is 7.11. The lowest BCUT2D eigenvalue weighted by atomic mass is 10.0. The molecule has 0 aromatic heterocycles. The zero-order valence-electron chi connectivity index (χ0n) is 15.6. The van der Waals surface area contributed by atoms with E-state index in [9.17, 15) is 13.7 Å². The maximum atomic E-state index is 14.4. The van der Waals surface area contributed by atoms with Gasteiger partial charge in [-0.3, -0.25) is 4.79 Å². The van der Waals surface area contributed by atoms with E-state index in [-0.39, 0.29) is 18.8 Å². The third-order valence-corrected chi connectivity index (χ3v) is 5.39. The topological polar surface area (TPSA) is 81.6 Å². The van der Waals surface area contributed by atoms with Gasteiger partial charge < -0.3 is 14.4 Å². The van der Waals surface area contributed by atoms with Gasteiger partial charge in [0.25, 0.3) is 0 Å². The number of hydrogen-bond acceptors (Lipinski definition) is 4. The zero-order valence-corrected chi connectivity index (χ0v) is 16.4. The molecule has 0 aliphatic carbocycles. The van der Waals surface area contributed by atoms with Crippen molar-refractivity contribution in [2.45, 2.75) is 44.6 Å². The highest BCUT2D eigenvalue weighted by Gasteiger charge is 2.31. The van der Waals surface area contributed by atoms with Crippen molar-refractivity contribution in [1.29, 1.82) is 0 Å². The summed E-state index contributed by atoms with van der Waals surface area (Å²) in [6, 6.07) is 12.9. The van der Waals surface area contributed by atoms with Crippen molar-refractivity contribution < 1.29 is 23.6 Å². The Morgan fingerprint density at radius 1 is 1.26 bits per heavy atom. The molecule has 0 spiro atoms. The van der Waals surface area contributed by atoms with E-state index in [2.05, 4.69) is 4.72 Å². The van der Waals surface area contributed by atoms with Crippen molar-refractivity contribution in [3.05, 3.63) is 65.5 Å². The predicted molar refractivity (Wildman–Crippen MR) is 103 cm³/mol. The highest BCUT2D eigenvalue weighted by molar-refractivity contribution is 7.90. The summed E-state index contributed by atoms with van der Waals surface area (Å²) >= 11 is -1.49. The number of ether oxygens (including phenoxy) is 1. The van der Waals surface area contributed by atoms with Crippen LogP contribution in [0.4, 0.5) is 4.39 Å². The molecule has 0 bridgehead atoms. The number of aliphatic carboxylic acids is 1. The van der Waals surface area contributed by atoms with Crippen molar-refractivity contribution in [1.82, 2.24) is 4.72 Å². The molecule has 0 saturated heterocycles. The van der Waals surface area contributed by atoms with E-state index < -0.39 is 33.9 Å². The number of carboxylic acid groups (broad SMARTS) is 1. The smallest absolute Gasteiger partial charge is 0.305 e. The van der Waals surface area contributed by atoms with Gasteiger partial charge in [-0.1, -0.05) is 36.4 Å². The zero-order chi connectivity index (χ0) is 20.0. The molecular formula is C20H24FNO4S. The number of hydrogen-bond donors (Lipinski definition) is 2. The average molecular weight is 393 g/mol. The molecule has 0 fully saturated rings. The molecule has 2 aromatic rings. The SMILES string of the molecule is CC(C)(C)[S+]([O-])NC(CC(=O)O)c1ccc(OCc2ccccc2)c(F)c1. The van der Waals surface area contributed by atoms with E-state index >= 15 is 0 Å². The highest BCUT2D eigenvalue weighted by atomic mass is 32.2. The van der Waals surface area contributed by atoms with Gasteiger partial charge in [0.1, 0.15) is 11.4 Å². The minimum Gasteiger partial charge on any atom is -0.598 e. The molecule has 0 aliphatic heterocycles. The van der Waals surface area contributed by atoms with Crippen LogP contribution in [0.15, 0.2) is 48.5 Å². The predicted octanol–water partition coefficient (Wildman–Crippen LogP) is 3.97. The maximum absolute atomic E-state index is 14.4. The molecule has 0 heterocycles. The first-order chi connectivity index (χ1) is 12.7. The summed E-state index contributed by atoms with van der Waals surface area (Å²) in [6.07, 6.45) is -0.314. The molecule has 0 amide bonds. The summed E-state index contributed by atoms with van der Waals surface area (Å²) in [6.45, 7) is 5.54. The van der Waals surface area contributed by atoms with Crippen LogP contribution < -0.4 is 9.46 Å². The molecular weight excluding hydrogens is 369 g/mol. The Labute approximate surface area is 161 Å². The van der Waals surface area contributed by atoms with Crippen LogP contribution in [-0.4, -0.2) is 20.4 Å². The highest BCUT2D eigenvalue weighted by Crippen LogP contribution is 2.27. The molecule has 0 saturated carbocycles. The van der Waals surface area contributed by atoms with Crippen LogP contribution in [0.2, 0.25) is 0 Å². The molecule has 0 aliphatic rings. The van der Waals surface area contributed by atoms with Crippen molar-refractivity contribution >= 4 is 17.3 Å². The third kappa shape index (κ3) is 6.53. The fourth-order valence-electron chi connectivity index (χ4n) is 2.29. The van der Waals surface area contributed by atoms with Gasteiger partial charge in [-0.25, -0.2) is 4.39 Å². The van der Waals surface area contributed by atoms with E-state index in [0.29, 0.717) is 5.56 Å². The summed E-state index contributed by atoms with van der Waals surface area (Å²) in [4.78, 5) is 11.2. The number of halogens is 1. The quantitative estimate of drug-likeness (QED) is 0.663. The average Bonchev–Trinajstić information content (AvgIpc) is 2.59. The van der Waals surface area contributed by atoms with Gasteiger partial charge in [0, 0.05) is 11.4 Å². The summed E-state index contributed by atoms with van der Waals surface area (Å²) in [5.74, 6) is -1.58.